The van der Waals surface area contributed by atoms with Gasteiger partial charge in [0.15, 0.2) is 0 Å². The summed E-state index contributed by atoms with van der Waals surface area (Å²) in [6.07, 6.45) is 4.82. The van der Waals surface area contributed by atoms with Crippen LogP contribution in [0.1, 0.15) is 78.6 Å². The van der Waals surface area contributed by atoms with Gasteiger partial charge in [0.05, 0.1) is 0 Å². The zero-order valence-electron chi connectivity index (χ0n) is 24.1. The van der Waals surface area contributed by atoms with Crippen LogP contribution in [-0.2, 0) is 33.4 Å². The number of alkyl halides is 3. The van der Waals surface area contributed by atoms with E-state index in [1.807, 2.05) is 0 Å². The Hall–Kier alpha value is -1.25. The van der Waals surface area contributed by atoms with Crippen molar-refractivity contribution < 1.29 is 38.5 Å². The van der Waals surface area contributed by atoms with Gasteiger partial charge in [-0.05, 0) is 86.4 Å². The Morgan fingerprint density at radius 1 is 0.854 bits per heavy atom. The molecule has 0 aromatic heterocycles. The lowest BCUT2D eigenvalue weighted by molar-refractivity contribution is -0.224. The van der Waals surface area contributed by atoms with Gasteiger partial charge in [-0.1, -0.05) is 20.8 Å². The first-order valence-electron chi connectivity index (χ1n) is 14.9. The largest absolute Gasteiger partial charge is 0.481 e. The monoisotopic (exact) mass is 636 g/mol. The van der Waals surface area contributed by atoms with Crippen LogP contribution >= 0.6 is 34.8 Å². The van der Waals surface area contributed by atoms with Crippen molar-refractivity contribution >= 4 is 58.7 Å². The van der Waals surface area contributed by atoms with Crippen LogP contribution in [0.3, 0.4) is 0 Å². The minimum absolute atomic E-state index is 0.0398. The number of carbonyl (C=O) groups is 4. The van der Waals surface area contributed by atoms with E-state index in [1.54, 1.807) is 0 Å². The Morgan fingerprint density at radius 2 is 1.49 bits per heavy atom. The number of ether oxygens (including phenoxy) is 3. The molecule has 0 unspecified atom stereocenters. The molecule has 4 fully saturated rings. The number of hydrogen-bond acceptors (Lipinski definition) is 7. The third kappa shape index (κ3) is 6.35. The van der Waals surface area contributed by atoms with E-state index in [9.17, 15) is 24.3 Å². The van der Waals surface area contributed by atoms with E-state index in [0.29, 0.717) is 32.1 Å². The molecule has 0 aromatic rings. The molecular formula is C30H43Cl3O8. The fourth-order valence-corrected chi connectivity index (χ4v) is 9.82. The number of hydrogen-bond donors (Lipinski definition) is 1. The number of fused-ring (bicyclic) bond motifs is 5. The Balaban J connectivity index is 1.72. The zero-order valence-corrected chi connectivity index (χ0v) is 26.4. The molecule has 8 nitrogen and oxygen atoms in total. The van der Waals surface area contributed by atoms with E-state index >= 15 is 0 Å². The number of carboxylic acid groups (broad SMARTS) is 1. The summed E-state index contributed by atoms with van der Waals surface area (Å²) in [4.78, 5) is 48.6. The van der Waals surface area contributed by atoms with Gasteiger partial charge in [0.25, 0.3) is 0 Å². The molecule has 0 spiro atoms. The standard InChI is InChI=1S/C30H43Cl3O8/c1-16(4-7-24(34)35)19-5-6-20-28-21(12-23(30(19,20)3)41-27(38)15-33)29(2)9-8-18(39-25(36)13-31)10-17(29)11-22(28)40-26(37)14-32/h16-23,28H,4-15H2,1-3H3,(H,34,35)/t16-,17+,18-,19-,20+,21+,22-,23+,28+,29+,30-/m1/s1. The van der Waals surface area contributed by atoms with E-state index < -0.39 is 35.4 Å². The second kappa shape index (κ2) is 13.2. The quantitative estimate of drug-likeness (QED) is 0.181. The fourth-order valence-electron chi connectivity index (χ4n) is 9.63. The maximum atomic E-state index is 12.7. The Bertz CT molecular complexity index is 1010. The Labute approximate surface area is 257 Å². The van der Waals surface area contributed by atoms with Gasteiger partial charge in [-0.15, -0.1) is 34.8 Å². The summed E-state index contributed by atoms with van der Waals surface area (Å²) in [5, 5.41) is 9.34. The minimum Gasteiger partial charge on any atom is -0.481 e. The van der Waals surface area contributed by atoms with Crippen LogP contribution in [0.15, 0.2) is 0 Å². The van der Waals surface area contributed by atoms with Crippen LogP contribution in [0.4, 0.5) is 0 Å². The smallest absolute Gasteiger partial charge is 0.321 e. The molecule has 1 N–H and O–H groups in total. The number of esters is 3. The first kappa shape index (κ1) is 32.7. The molecule has 4 aliphatic rings. The summed E-state index contributed by atoms with van der Waals surface area (Å²) < 4.78 is 17.9. The Kier molecular flexibility index (Phi) is 10.5. The number of halogens is 3. The molecule has 4 rings (SSSR count). The van der Waals surface area contributed by atoms with Gasteiger partial charge < -0.3 is 19.3 Å². The molecule has 0 aliphatic heterocycles. The van der Waals surface area contributed by atoms with E-state index in [4.69, 9.17) is 49.0 Å². The number of carbonyl (C=O) groups excluding carboxylic acids is 3. The van der Waals surface area contributed by atoms with Crippen LogP contribution in [0.5, 0.6) is 0 Å². The molecular weight excluding hydrogens is 595 g/mol. The van der Waals surface area contributed by atoms with Crippen LogP contribution < -0.4 is 0 Å². The molecule has 4 saturated carbocycles. The third-order valence-corrected chi connectivity index (χ3v) is 12.1. The summed E-state index contributed by atoms with van der Waals surface area (Å²) in [6.45, 7) is 6.58. The lowest BCUT2D eigenvalue weighted by Crippen LogP contribution is -2.63. The van der Waals surface area contributed by atoms with Gasteiger partial charge in [0.2, 0.25) is 0 Å². The molecule has 11 atom stereocenters. The molecule has 41 heavy (non-hydrogen) atoms. The topological polar surface area (TPSA) is 116 Å². The highest BCUT2D eigenvalue weighted by molar-refractivity contribution is 6.27. The maximum Gasteiger partial charge on any atom is 0.321 e. The van der Waals surface area contributed by atoms with E-state index in [2.05, 4.69) is 20.8 Å². The molecule has 0 radical (unpaired) electrons. The predicted molar refractivity (Wildman–Crippen MR) is 154 cm³/mol. The van der Waals surface area contributed by atoms with Crippen molar-refractivity contribution in [3.05, 3.63) is 0 Å². The van der Waals surface area contributed by atoms with Gasteiger partial charge in [0, 0.05) is 17.8 Å². The van der Waals surface area contributed by atoms with Crippen LogP contribution in [0, 0.1) is 46.3 Å². The number of aliphatic carboxylic acids is 1. The predicted octanol–water partition coefficient (Wildman–Crippen LogP) is 5.82. The lowest BCUT2D eigenvalue weighted by Gasteiger charge is -2.64. The average Bonchev–Trinajstić information content (AvgIpc) is 3.30. The maximum absolute atomic E-state index is 12.7. The second-order valence-corrected chi connectivity index (χ2v) is 14.0. The van der Waals surface area contributed by atoms with E-state index in [-0.39, 0.29) is 77.2 Å². The zero-order chi connectivity index (χ0) is 30.1. The fraction of sp³-hybridized carbons (Fsp3) is 0.867. The highest BCUT2D eigenvalue weighted by Crippen LogP contribution is 2.69. The molecule has 11 heteroatoms. The molecule has 0 bridgehead atoms. The Morgan fingerprint density at radius 3 is 2.12 bits per heavy atom. The first-order valence-corrected chi connectivity index (χ1v) is 16.5. The van der Waals surface area contributed by atoms with Crippen molar-refractivity contribution in [1.82, 2.24) is 0 Å². The summed E-state index contributed by atoms with van der Waals surface area (Å²) in [6, 6.07) is 0. The van der Waals surface area contributed by atoms with Crippen molar-refractivity contribution in [3.8, 4) is 0 Å². The highest BCUT2D eigenvalue weighted by Gasteiger charge is 2.67. The van der Waals surface area contributed by atoms with E-state index in [1.165, 1.54) is 0 Å². The summed E-state index contributed by atoms with van der Waals surface area (Å²) >= 11 is 17.5. The normalized spacial score (nSPS) is 40.3. The van der Waals surface area contributed by atoms with Crippen molar-refractivity contribution in [1.29, 1.82) is 0 Å². The number of rotatable bonds is 10. The van der Waals surface area contributed by atoms with Crippen molar-refractivity contribution in [2.45, 2.75) is 96.9 Å². The van der Waals surface area contributed by atoms with Gasteiger partial charge in [0.1, 0.15) is 36.0 Å². The van der Waals surface area contributed by atoms with Gasteiger partial charge in [-0.25, -0.2) is 0 Å². The average molecular weight is 638 g/mol. The van der Waals surface area contributed by atoms with Crippen molar-refractivity contribution in [2.75, 3.05) is 17.6 Å². The van der Waals surface area contributed by atoms with Crippen molar-refractivity contribution in [2.24, 2.45) is 46.3 Å². The summed E-state index contributed by atoms with van der Waals surface area (Å²) in [5.74, 6) is -2.24. The SMILES string of the molecule is C[C@H](CCC(=O)O)[C@H]1CC[C@H]2[C@@H]3[C@H](OC(=O)CCl)C[C@@H]4C[C@H](OC(=O)CCl)CC[C@]4(C)[C@H]3C[C@H](OC(=O)CCl)[C@]12C. The molecule has 0 saturated heterocycles. The second-order valence-electron chi connectivity index (χ2n) is 13.2. The number of carboxylic acids is 1. The summed E-state index contributed by atoms with van der Waals surface area (Å²) in [5.41, 5.74) is -0.568. The molecule has 4 aliphatic carbocycles. The third-order valence-electron chi connectivity index (χ3n) is 11.4. The van der Waals surface area contributed by atoms with Gasteiger partial charge in [-0.2, -0.15) is 0 Å². The minimum atomic E-state index is -0.822. The van der Waals surface area contributed by atoms with Crippen LogP contribution in [0.25, 0.3) is 0 Å². The molecule has 0 amide bonds. The van der Waals surface area contributed by atoms with Gasteiger partial charge in [-0.3, -0.25) is 19.2 Å². The van der Waals surface area contributed by atoms with Crippen molar-refractivity contribution in [3.63, 3.8) is 0 Å². The van der Waals surface area contributed by atoms with E-state index in [0.717, 1.165) is 19.3 Å². The lowest BCUT2D eigenvalue weighted by atomic mass is 9.43. The first-order chi connectivity index (χ1) is 19.4. The van der Waals surface area contributed by atoms with Crippen LogP contribution in [-0.4, -0.2) is 64.9 Å². The van der Waals surface area contributed by atoms with Gasteiger partial charge >= 0.3 is 23.9 Å². The molecule has 232 valence electrons. The summed E-state index contributed by atoms with van der Waals surface area (Å²) in [7, 11) is 0. The molecule has 0 aromatic carbocycles. The molecule has 0 heterocycles. The van der Waals surface area contributed by atoms with Crippen LogP contribution in [0.2, 0.25) is 0 Å². The highest BCUT2D eigenvalue weighted by atomic mass is 35.5.